The summed E-state index contributed by atoms with van der Waals surface area (Å²) in [5.74, 6) is -0.221. The molecule has 0 aromatic heterocycles. The van der Waals surface area contributed by atoms with Gasteiger partial charge in [0.1, 0.15) is 5.82 Å². The number of hydrogen-bond donors (Lipinski definition) is 1. The molecule has 17 heavy (non-hydrogen) atoms. The van der Waals surface area contributed by atoms with Crippen molar-refractivity contribution in [2.24, 2.45) is 5.41 Å². The molecule has 1 aromatic carbocycles. The number of hydrogen-bond acceptors (Lipinski definition) is 1. The maximum atomic E-state index is 13.4. The maximum absolute atomic E-state index is 13.4. The summed E-state index contributed by atoms with van der Waals surface area (Å²) < 4.78 is 13.4. The molecule has 0 aliphatic heterocycles. The molecule has 0 saturated heterocycles. The Labute approximate surface area is 113 Å². The lowest BCUT2D eigenvalue weighted by Crippen LogP contribution is -2.23. The minimum atomic E-state index is -0.221. The van der Waals surface area contributed by atoms with Crippen molar-refractivity contribution in [3.8, 4) is 0 Å². The largest absolute Gasteiger partial charge is 0.312 e. The zero-order valence-electron chi connectivity index (χ0n) is 9.93. The van der Waals surface area contributed by atoms with Gasteiger partial charge < -0.3 is 5.32 Å². The van der Waals surface area contributed by atoms with Crippen molar-refractivity contribution in [1.29, 1.82) is 0 Å². The molecule has 0 spiro atoms. The normalized spacial score (nSPS) is 16.4. The van der Waals surface area contributed by atoms with E-state index in [0.29, 0.717) is 22.5 Å². The molecule has 1 aromatic rings. The van der Waals surface area contributed by atoms with Crippen LogP contribution in [0, 0.1) is 11.2 Å². The Morgan fingerprint density at radius 1 is 1.41 bits per heavy atom. The molecule has 1 fully saturated rings. The summed E-state index contributed by atoms with van der Waals surface area (Å²) >= 11 is 5.95. The molecule has 0 amide bonds. The molecule has 0 unspecified atom stereocenters. The van der Waals surface area contributed by atoms with Crippen LogP contribution in [-0.4, -0.2) is 6.54 Å². The van der Waals surface area contributed by atoms with E-state index in [0.717, 1.165) is 6.54 Å². The zero-order valence-corrected chi connectivity index (χ0v) is 11.5. The van der Waals surface area contributed by atoms with Crippen LogP contribution < -0.4 is 5.32 Å². The van der Waals surface area contributed by atoms with E-state index in [-0.39, 0.29) is 18.2 Å². The SMILES string of the molecule is CCC1(CNCc2c(F)cccc2Cl)CC1.Cl. The van der Waals surface area contributed by atoms with Gasteiger partial charge in [0.05, 0.1) is 0 Å². The summed E-state index contributed by atoms with van der Waals surface area (Å²) in [5, 5.41) is 3.82. The molecule has 2 rings (SSSR count). The van der Waals surface area contributed by atoms with Gasteiger partial charge in [-0.1, -0.05) is 24.6 Å². The summed E-state index contributed by atoms with van der Waals surface area (Å²) in [6, 6.07) is 4.82. The molecule has 1 nitrogen and oxygen atoms in total. The third-order valence-electron chi connectivity index (χ3n) is 3.57. The van der Waals surface area contributed by atoms with Gasteiger partial charge in [-0.2, -0.15) is 0 Å². The standard InChI is InChI=1S/C13H17ClFN.ClH/c1-2-13(6-7-13)9-16-8-10-11(14)4-3-5-12(10)15;/h3-5,16H,2,6-9H2,1H3;1H. The molecular weight excluding hydrogens is 260 g/mol. The van der Waals surface area contributed by atoms with E-state index in [2.05, 4.69) is 12.2 Å². The second kappa shape index (κ2) is 6.03. The molecule has 1 aliphatic carbocycles. The summed E-state index contributed by atoms with van der Waals surface area (Å²) in [6.07, 6.45) is 3.79. The third kappa shape index (κ3) is 3.57. The van der Waals surface area contributed by atoms with E-state index in [1.165, 1.54) is 25.3 Å². The van der Waals surface area contributed by atoms with E-state index < -0.39 is 0 Å². The predicted octanol–water partition coefficient (Wildman–Crippen LogP) is 4.18. The van der Waals surface area contributed by atoms with E-state index >= 15 is 0 Å². The number of halogens is 3. The van der Waals surface area contributed by atoms with Crippen molar-refractivity contribution >= 4 is 24.0 Å². The van der Waals surface area contributed by atoms with Crippen LogP contribution in [0.2, 0.25) is 5.02 Å². The first-order chi connectivity index (χ1) is 7.67. The van der Waals surface area contributed by atoms with Crippen LogP contribution >= 0.6 is 24.0 Å². The summed E-state index contributed by atoms with van der Waals surface area (Å²) in [7, 11) is 0. The zero-order chi connectivity index (χ0) is 11.6. The van der Waals surface area contributed by atoms with Crippen molar-refractivity contribution < 1.29 is 4.39 Å². The van der Waals surface area contributed by atoms with Gasteiger partial charge in [-0.25, -0.2) is 4.39 Å². The summed E-state index contributed by atoms with van der Waals surface area (Å²) in [5.41, 5.74) is 1.06. The lowest BCUT2D eigenvalue weighted by Gasteiger charge is -2.14. The Hall–Kier alpha value is -0.310. The average molecular weight is 278 g/mol. The molecule has 4 heteroatoms. The van der Waals surface area contributed by atoms with Crippen LogP contribution in [0.5, 0.6) is 0 Å². The molecule has 1 aliphatic rings. The maximum Gasteiger partial charge on any atom is 0.129 e. The first-order valence-corrected chi connectivity index (χ1v) is 6.18. The van der Waals surface area contributed by atoms with Gasteiger partial charge in [-0.05, 0) is 36.8 Å². The number of rotatable bonds is 5. The summed E-state index contributed by atoms with van der Waals surface area (Å²) in [6.45, 7) is 3.70. The molecule has 0 radical (unpaired) electrons. The van der Waals surface area contributed by atoms with Crippen LogP contribution in [0.4, 0.5) is 4.39 Å². The molecule has 0 bridgehead atoms. The molecule has 96 valence electrons. The molecule has 1 N–H and O–H groups in total. The van der Waals surface area contributed by atoms with E-state index in [1.807, 2.05) is 0 Å². The fraction of sp³-hybridized carbons (Fsp3) is 0.538. The quantitative estimate of drug-likeness (QED) is 0.852. The minimum Gasteiger partial charge on any atom is -0.312 e. The second-order valence-corrected chi connectivity index (χ2v) is 5.06. The third-order valence-corrected chi connectivity index (χ3v) is 3.92. The first kappa shape index (κ1) is 14.7. The molecule has 1 saturated carbocycles. The van der Waals surface area contributed by atoms with Gasteiger partial charge in [0.15, 0.2) is 0 Å². The van der Waals surface area contributed by atoms with Gasteiger partial charge in [-0.15, -0.1) is 12.4 Å². The minimum absolute atomic E-state index is 0. The van der Waals surface area contributed by atoms with E-state index in [9.17, 15) is 4.39 Å². The fourth-order valence-electron chi connectivity index (χ4n) is 1.99. The van der Waals surface area contributed by atoms with Crippen LogP contribution in [0.3, 0.4) is 0 Å². The van der Waals surface area contributed by atoms with Crippen molar-refractivity contribution in [3.63, 3.8) is 0 Å². The highest BCUT2D eigenvalue weighted by molar-refractivity contribution is 6.31. The van der Waals surface area contributed by atoms with E-state index in [1.54, 1.807) is 12.1 Å². The van der Waals surface area contributed by atoms with Gasteiger partial charge in [0, 0.05) is 23.7 Å². The number of nitrogens with one attached hydrogen (secondary N) is 1. The van der Waals surface area contributed by atoms with Crippen molar-refractivity contribution in [2.75, 3.05) is 6.54 Å². The predicted molar refractivity (Wildman–Crippen MR) is 72.3 cm³/mol. The topological polar surface area (TPSA) is 12.0 Å². The van der Waals surface area contributed by atoms with Crippen molar-refractivity contribution in [3.05, 3.63) is 34.6 Å². The second-order valence-electron chi connectivity index (χ2n) is 4.66. The Kier molecular flexibility index (Phi) is 5.23. The molecule has 0 atom stereocenters. The monoisotopic (exact) mass is 277 g/mol. The fourth-order valence-corrected chi connectivity index (χ4v) is 2.22. The van der Waals surface area contributed by atoms with Crippen LogP contribution in [0.25, 0.3) is 0 Å². The van der Waals surface area contributed by atoms with Gasteiger partial charge in [0.2, 0.25) is 0 Å². The highest BCUT2D eigenvalue weighted by Gasteiger charge is 2.39. The van der Waals surface area contributed by atoms with Gasteiger partial charge in [0.25, 0.3) is 0 Å². The van der Waals surface area contributed by atoms with Crippen LogP contribution in [-0.2, 0) is 6.54 Å². The summed E-state index contributed by atoms with van der Waals surface area (Å²) in [4.78, 5) is 0. The van der Waals surface area contributed by atoms with E-state index in [4.69, 9.17) is 11.6 Å². The number of benzene rings is 1. The van der Waals surface area contributed by atoms with Gasteiger partial charge >= 0.3 is 0 Å². The first-order valence-electron chi connectivity index (χ1n) is 5.80. The molecule has 0 heterocycles. The van der Waals surface area contributed by atoms with Gasteiger partial charge in [-0.3, -0.25) is 0 Å². The highest BCUT2D eigenvalue weighted by Crippen LogP contribution is 2.47. The Morgan fingerprint density at radius 3 is 2.65 bits per heavy atom. The smallest absolute Gasteiger partial charge is 0.129 e. The van der Waals surface area contributed by atoms with Crippen LogP contribution in [0.15, 0.2) is 18.2 Å². The van der Waals surface area contributed by atoms with Crippen molar-refractivity contribution in [1.82, 2.24) is 5.32 Å². The Morgan fingerprint density at radius 2 is 2.12 bits per heavy atom. The highest BCUT2D eigenvalue weighted by atomic mass is 35.5. The lowest BCUT2D eigenvalue weighted by molar-refractivity contribution is 0.440. The lowest BCUT2D eigenvalue weighted by atomic mass is 10.0. The van der Waals surface area contributed by atoms with Crippen LogP contribution in [0.1, 0.15) is 31.7 Å². The Balaban J connectivity index is 0.00000144. The average Bonchev–Trinajstić information content (AvgIpc) is 3.03. The Bertz CT molecular complexity index is 357. The molecular formula is C13H18Cl2FN. The van der Waals surface area contributed by atoms with Crippen molar-refractivity contribution in [2.45, 2.75) is 32.7 Å².